The molecule has 3 rings (SSSR count). The first kappa shape index (κ1) is 8.51. The first-order valence-electron chi connectivity index (χ1n) is 5.81. The van der Waals surface area contributed by atoms with Gasteiger partial charge in [0.05, 0.1) is 11.7 Å². The summed E-state index contributed by atoms with van der Waals surface area (Å²) in [6.45, 7) is 4.65. The van der Waals surface area contributed by atoms with Gasteiger partial charge in [-0.1, -0.05) is 13.8 Å². The highest BCUT2D eigenvalue weighted by atomic mass is 15.3. The summed E-state index contributed by atoms with van der Waals surface area (Å²) < 4.78 is 2.21. The van der Waals surface area contributed by atoms with Gasteiger partial charge in [-0.15, -0.1) is 0 Å². The highest BCUT2D eigenvalue weighted by Crippen LogP contribution is 2.37. The first-order valence-corrected chi connectivity index (χ1v) is 5.81. The molecule has 0 aromatic carbocycles. The molecule has 0 bridgehead atoms. The van der Waals surface area contributed by atoms with Crippen LogP contribution in [-0.4, -0.2) is 9.78 Å². The summed E-state index contributed by atoms with van der Waals surface area (Å²) >= 11 is 0. The minimum Gasteiger partial charge on any atom is -0.269 e. The van der Waals surface area contributed by atoms with Gasteiger partial charge in [-0.2, -0.15) is 5.10 Å². The van der Waals surface area contributed by atoms with E-state index in [2.05, 4.69) is 24.7 Å². The SMILES string of the molecule is CC(C)C1Cc2cn(C3CC3)nc2C1. The summed E-state index contributed by atoms with van der Waals surface area (Å²) in [5, 5.41) is 4.70. The molecule has 1 aromatic heterocycles. The maximum absolute atomic E-state index is 4.70. The molecule has 76 valence electrons. The second-order valence-corrected chi connectivity index (χ2v) is 5.22. The highest BCUT2D eigenvalue weighted by molar-refractivity contribution is 5.24. The van der Waals surface area contributed by atoms with E-state index >= 15 is 0 Å². The number of nitrogens with zero attached hydrogens (tertiary/aromatic N) is 2. The molecule has 2 nitrogen and oxygen atoms in total. The van der Waals surface area contributed by atoms with Gasteiger partial charge in [-0.05, 0) is 43.1 Å². The minimum absolute atomic E-state index is 0.748. The van der Waals surface area contributed by atoms with Crippen LogP contribution >= 0.6 is 0 Å². The monoisotopic (exact) mass is 190 g/mol. The van der Waals surface area contributed by atoms with E-state index in [0.29, 0.717) is 0 Å². The van der Waals surface area contributed by atoms with E-state index in [4.69, 9.17) is 5.10 Å². The molecule has 0 N–H and O–H groups in total. The predicted molar refractivity (Wildman–Crippen MR) is 56.2 cm³/mol. The van der Waals surface area contributed by atoms with Gasteiger partial charge in [0.25, 0.3) is 0 Å². The van der Waals surface area contributed by atoms with Crippen molar-refractivity contribution in [1.82, 2.24) is 9.78 Å². The van der Waals surface area contributed by atoms with E-state index in [-0.39, 0.29) is 0 Å². The van der Waals surface area contributed by atoms with Crippen molar-refractivity contribution >= 4 is 0 Å². The molecule has 1 unspecified atom stereocenters. The molecule has 1 saturated carbocycles. The average Bonchev–Trinajstić information content (AvgIpc) is 2.76. The molecule has 14 heavy (non-hydrogen) atoms. The Morgan fingerprint density at radius 1 is 1.36 bits per heavy atom. The van der Waals surface area contributed by atoms with Crippen molar-refractivity contribution in [2.45, 2.75) is 45.6 Å². The minimum atomic E-state index is 0.748. The summed E-state index contributed by atoms with van der Waals surface area (Å²) in [6.07, 6.45) is 7.46. The Bertz CT molecular complexity index is 324. The summed E-state index contributed by atoms with van der Waals surface area (Å²) in [6, 6.07) is 0.748. The summed E-state index contributed by atoms with van der Waals surface area (Å²) in [7, 11) is 0. The van der Waals surface area contributed by atoms with Crippen molar-refractivity contribution in [3.8, 4) is 0 Å². The predicted octanol–water partition coefficient (Wildman–Crippen LogP) is 2.59. The van der Waals surface area contributed by atoms with Crippen LogP contribution in [0.25, 0.3) is 0 Å². The number of rotatable bonds is 2. The molecular weight excluding hydrogens is 172 g/mol. The van der Waals surface area contributed by atoms with Crippen LogP contribution < -0.4 is 0 Å². The van der Waals surface area contributed by atoms with Crippen LogP contribution in [0, 0.1) is 11.8 Å². The molecule has 1 heterocycles. The van der Waals surface area contributed by atoms with Gasteiger partial charge in [-0.25, -0.2) is 0 Å². The maximum Gasteiger partial charge on any atom is 0.0659 e. The topological polar surface area (TPSA) is 17.8 Å². The Labute approximate surface area is 85.3 Å². The van der Waals surface area contributed by atoms with E-state index in [1.807, 2.05) is 0 Å². The van der Waals surface area contributed by atoms with E-state index in [1.165, 1.54) is 36.9 Å². The van der Waals surface area contributed by atoms with Crippen LogP contribution in [-0.2, 0) is 12.8 Å². The van der Waals surface area contributed by atoms with Gasteiger partial charge in [0, 0.05) is 6.20 Å². The van der Waals surface area contributed by atoms with Gasteiger partial charge in [0.2, 0.25) is 0 Å². The molecule has 2 aliphatic carbocycles. The third kappa shape index (κ3) is 1.28. The Hall–Kier alpha value is -0.790. The van der Waals surface area contributed by atoms with E-state index in [0.717, 1.165) is 17.9 Å². The fourth-order valence-electron chi connectivity index (χ4n) is 2.41. The highest BCUT2D eigenvalue weighted by Gasteiger charge is 2.30. The lowest BCUT2D eigenvalue weighted by molar-refractivity contribution is 0.397. The van der Waals surface area contributed by atoms with Crippen LogP contribution in [0.15, 0.2) is 6.20 Å². The van der Waals surface area contributed by atoms with Gasteiger partial charge < -0.3 is 0 Å². The second kappa shape index (κ2) is 2.85. The third-order valence-corrected chi connectivity index (χ3v) is 3.70. The van der Waals surface area contributed by atoms with Crippen LogP contribution in [0.2, 0.25) is 0 Å². The fraction of sp³-hybridized carbons (Fsp3) is 0.750. The molecule has 0 amide bonds. The van der Waals surface area contributed by atoms with E-state index in [9.17, 15) is 0 Å². The molecule has 0 spiro atoms. The van der Waals surface area contributed by atoms with Crippen molar-refractivity contribution in [3.63, 3.8) is 0 Å². The number of aromatic nitrogens is 2. The zero-order valence-electron chi connectivity index (χ0n) is 9.03. The van der Waals surface area contributed by atoms with Crippen molar-refractivity contribution in [2.24, 2.45) is 11.8 Å². The average molecular weight is 190 g/mol. The standard InChI is InChI=1S/C12H18N2/c1-8(2)9-5-10-7-14(11-3-4-11)13-12(10)6-9/h7-9,11H,3-6H2,1-2H3. The zero-order valence-corrected chi connectivity index (χ0v) is 9.03. The van der Waals surface area contributed by atoms with Crippen molar-refractivity contribution < 1.29 is 0 Å². The zero-order chi connectivity index (χ0) is 9.71. The lowest BCUT2D eigenvalue weighted by atomic mass is 9.93. The van der Waals surface area contributed by atoms with Crippen molar-refractivity contribution in [1.29, 1.82) is 0 Å². The third-order valence-electron chi connectivity index (χ3n) is 3.70. The van der Waals surface area contributed by atoms with E-state index < -0.39 is 0 Å². The normalized spacial score (nSPS) is 25.8. The Morgan fingerprint density at radius 2 is 2.14 bits per heavy atom. The molecule has 2 aliphatic rings. The number of hydrogen-bond donors (Lipinski definition) is 0. The van der Waals surface area contributed by atoms with Gasteiger partial charge in [-0.3, -0.25) is 4.68 Å². The van der Waals surface area contributed by atoms with Crippen LogP contribution in [0.4, 0.5) is 0 Å². The molecule has 0 radical (unpaired) electrons. The van der Waals surface area contributed by atoms with Crippen molar-refractivity contribution in [2.75, 3.05) is 0 Å². The molecule has 0 aliphatic heterocycles. The largest absolute Gasteiger partial charge is 0.269 e. The van der Waals surface area contributed by atoms with Gasteiger partial charge in [0.1, 0.15) is 0 Å². The molecule has 2 heteroatoms. The molecule has 1 atom stereocenters. The van der Waals surface area contributed by atoms with Gasteiger partial charge >= 0.3 is 0 Å². The summed E-state index contributed by atoms with van der Waals surface area (Å²) in [5.41, 5.74) is 2.91. The quantitative estimate of drug-likeness (QED) is 0.701. The lowest BCUT2D eigenvalue weighted by Gasteiger charge is -2.12. The Kier molecular flexibility index (Phi) is 1.73. The second-order valence-electron chi connectivity index (χ2n) is 5.22. The maximum atomic E-state index is 4.70. The molecule has 1 aromatic rings. The van der Waals surface area contributed by atoms with E-state index in [1.54, 1.807) is 0 Å². The van der Waals surface area contributed by atoms with Crippen LogP contribution in [0.5, 0.6) is 0 Å². The Balaban J connectivity index is 1.81. The van der Waals surface area contributed by atoms with Crippen molar-refractivity contribution in [3.05, 3.63) is 17.5 Å². The molecular formula is C12H18N2. The fourth-order valence-corrected chi connectivity index (χ4v) is 2.41. The lowest BCUT2D eigenvalue weighted by Crippen LogP contribution is -2.09. The summed E-state index contributed by atoms with van der Waals surface area (Å²) in [5.74, 6) is 1.65. The summed E-state index contributed by atoms with van der Waals surface area (Å²) in [4.78, 5) is 0. The smallest absolute Gasteiger partial charge is 0.0659 e. The van der Waals surface area contributed by atoms with Gasteiger partial charge in [0.15, 0.2) is 0 Å². The van der Waals surface area contributed by atoms with Crippen LogP contribution in [0.3, 0.4) is 0 Å². The van der Waals surface area contributed by atoms with Crippen LogP contribution in [0.1, 0.15) is 44.0 Å². The molecule has 1 fully saturated rings. The number of hydrogen-bond acceptors (Lipinski definition) is 1. The number of fused-ring (bicyclic) bond motifs is 1. The first-order chi connectivity index (χ1) is 6.74. The Morgan fingerprint density at radius 3 is 2.71 bits per heavy atom. The molecule has 0 saturated heterocycles.